The molecule has 88 heavy (non-hydrogen) atoms. The Hall–Kier alpha value is -10.4. The van der Waals surface area contributed by atoms with Gasteiger partial charge in [0, 0.05) is 24.8 Å². The van der Waals surface area contributed by atoms with Crippen LogP contribution in [0.5, 0.6) is 0 Å². The second-order valence-corrected chi connectivity index (χ2v) is 26.9. The van der Waals surface area contributed by atoms with Crippen LogP contribution >= 0.6 is 0 Å². The van der Waals surface area contributed by atoms with E-state index in [1.807, 2.05) is 52.0 Å². The van der Waals surface area contributed by atoms with E-state index in [0.29, 0.717) is 67.6 Å². The number of hydrogen-bond acceptors (Lipinski definition) is 16. The van der Waals surface area contributed by atoms with Gasteiger partial charge in [0.25, 0.3) is 40.1 Å². The van der Waals surface area contributed by atoms with Gasteiger partial charge in [-0.25, -0.2) is 53.6 Å². The standard InChI is InChI=1S/2C32H26N6O4S2/c2*1-21-9-13-23(14-10-21)43(39,40)37-29-19-27-28(20-30(29)38-44(41,42)24-15-11-22(2)12-16-24)36-32(26-8-4-6-18-34-26)31(35-27)25-7-3-5-17-33-25/h2*3-20,37-38H,1-2H3. The predicted molar refractivity (Wildman–Crippen MR) is 340 cm³/mol. The van der Waals surface area contributed by atoms with E-state index in [0.717, 1.165) is 22.3 Å². The van der Waals surface area contributed by atoms with Gasteiger partial charge in [0.05, 0.1) is 87.2 Å². The Morgan fingerprint density at radius 3 is 0.625 bits per heavy atom. The zero-order valence-corrected chi connectivity index (χ0v) is 50.5. The summed E-state index contributed by atoms with van der Waals surface area (Å²) >= 11 is 0. The molecule has 24 heteroatoms. The van der Waals surface area contributed by atoms with Crippen molar-refractivity contribution >= 4 is 84.9 Å². The Morgan fingerprint density at radius 2 is 0.455 bits per heavy atom. The van der Waals surface area contributed by atoms with Gasteiger partial charge in [-0.15, -0.1) is 0 Å². The zero-order chi connectivity index (χ0) is 61.8. The SMILES string of the molecule is Cc1ccc(S(=O)(=O)Nc2cc3nc(-c4ccccn4)c(-c4ccccn4)nc3cc2NS(=O)(=O)c2ccc(C)cc2)cc1.Cc1ccc(S(=O)(=O)Nc2cc3nc(-c4ccccn4)c(-c4ccccn4)nc3cc2NS(=O)(=O)c2ccc(C)cc2)cc1. The number of sulfonamides is 4. The average Bonchev–Trinajstić information content (AvgIpc) is 0.917. The number of fused-ring (bicyclic) bond motifs is 2. The van der Waals surface area contributed by atoms with Gasteiger partial charge in [0.15, 0.2) is 0 Å². The Labute approximate surface area is 508 Å². The van der Waals surface area contributed by atoms with Gasteiger partial charge in [-0.3, -0.25) is 38.8 Å². The van der Waals surface area contributed by atoms with Crippen LogP contribution in [0.2, 0.25) is 0 Å². The van der Waals surface area contributed by atoms with Gasteiger partial charge in [0.2, 0.25) is 0 Å². The van der Waals surface area contributed by atoms with Crippen LogP contribution in [0.4, 0.5) is 22.7 Å². The molecule has 0 atom stereocenters. The summed E-state index contributed by atoms with van der Waals surface area (Å²) in [6, 6.07) is 52.6. The zero-order valence-electron chi connectivity index (χ0n) is 47.3. The molecule has 6 heterocycles. The van der Waals surface area contributed by atoms with E-state index >= 15 is 0 Å². The van der Waals surface area contributed by atoms with E-state index in [2.05, 4.69) is 38.8 Å². The monoisotopic (exact) mass is 1240 g/mol. The highest BCUT2D eigenvalue weighted by Crippen LogP contribution is 2.37. The molecule has 12 rings (SSSR count). The van der Waals surface area contributed by atoms with Crippen molar-refractivity contribution in [3.8, 4) is 45.6 Å². The van der Waals surface area contributed by atoms with Crippen molar-refractivity contribution < 1.29 is 33.7 Å². The number of rotatable bonds is 16. The van der Waals surface area contributed by atoms with Gasteiger partial charge in [-0.2, -0.15) is 0 Å². The second kappa shape index (κ2) is 24.5. The van der Waals surface area contributed by atoms with Gasteiger partial charge in [-0.05, 0) is 149 Å². The lowest BCUT2D eigenvalue weighted by atomic mass is 10.1. The summed E-state index contributed by atoms with van der Waals surface area (Å²) in [4.78, 5) is 37.1. The molecule has 0 aliphatic rings. The molecule has 6 aromatic carbocycles. The Balaban J connectivity index is 0.000000182. The number of benzene rings is 6. The lowest BCUT2D eigenvalue weighted by molar-refractivity contribution is 0.599. The number of hydrogen-bond donors (Lipinski definition) is 4. The van der Waals surface area contributed by atoms with Gasteiger partial charge >= 0.3 is 0 Å². The maximum atomic E-state index is 13.5. The predicted octanol–water partition coefficient (Wildman–Crippen LogP) is 11.9. The minimum Gasteiger partial charge on any atom is -0.277 e. The quantitative estimate of drug-likeness (QED) is 0.0699. The first kappa shape index (κ1) is 59.3. The molecule has 0 fully saturated rings. The van der Waals surface area contributed by atoms with Crippen molar-refractivity contribution in [1.29, 1.82) is 0 Å². The normalized spacial score (nSPS) is 11.8. The van der Waals surface area contributed by atoms with E-state index in [-0.39, 0.29) is 42.3 Å². The first-order valence-corrected chi connectivity index (χ1v) is 32.9. The van der Waals surface area contributed by atoms with Crippen molar-refractivity contribution in [3.05, 3.63) is 241 Å². The van der Waals surface area contributed by atoms with Crippen molar-refractivity contribution in [2.45, 2.75) is 47.3 Å². The van der Waals surface area contributed by atoms with Gasteiger partial charge < -0.3 is 0 Å². The highest BCUT2D eigenvalue weighted by molar-refractivity contribution is 7.94. The summed E-state index contributed by atoms with van der Waals surface area (Å²) in [7, 11) is -16.5. The second-order valence-electron chi connectivity index (χ2n) is 20.1. The van der Waals surface area contributed by atoms with Crippen LogP contribution in [0.25, 0.3) is 67.6 Å². The molecule has 0 bridgehead atoms. The molecule has 0 saturated carbocycles. The van der Waals surface area contributed by atoms with Crippen molar-refractivity contribution in [3.63, 3.8) is 0 Å². The molecule has 0 aliphatic carbocycles. The van der Waals surface area contributed by atoms with Crippen molar-refractivity contribution in [2.75, 3.05) is 18.9 Å². The first-order chi connectivity index (χ1) is 42.2. The van der Waals surface area contributed by atoms with Crippen molar-refractivity contribution in [1.82, 2.24) is 39.9 Å². The molecule has 12 aromatic rings. The van der Waals surface area contributed by atoms with Gasteiger partial charge in [0.1, 0.15) is 22.8 Å². The Morgan fingerprint density at radius 1 is 0.261 bits per heavy atom. The minimum absolute atomic E-state index is 0.0151. The number of nitrogens with zero attached hydrogens (tertiary/aromatic N) is 8. The van der Waals surface area contributed by atoms with Crippen LogP contribution in [0.1, 0.15) is 22.3 Å². The van der Waals surface area contributed by atoms with E-state index in [1.165, 1.54) is 72.8 Å². The van der Waals surface area contributed by atoms with Crippen LogP contribution < -0.4 is 18.9 Å². The topological polar surface area (TPSA) is 288 Å². The third-order valence-corrected chi connectivity index (χ3v) is 19.1. The fourth-order valence-electron chi connectivity index (χ4n) is 8.95. The summed E-state index contributed by atoms with van der Waals surface area (Å²) in [5.41, 5.74) is 8.55. The number of anilines is 4. The number of nitrogens with one attached hydrogen (secondary N) is 4. The molecular weight excluding hydrogens is 1190 g/mol. The molecule has 20 nitrogen and oxygen atoms in total. The summed E-state index contributed by atoms with van der Waals surface area (Å²) in [6.07, 6.45) is 6.53. The first-order valence-electron chi connectivity index (χ1n) is 26.9. The van der Waals surface area contributed by atoms with Crippen LogP contribution in [-0.4, -0.2) is 73.5 Å². The molecule has 440 valence electrons. The van der Waals surface area contributed by atoms with E-state index in [9.17, 15) is 33.7 Å². The van der Waals surface area contributed by atoms with E-state index in [1.54, 1.807) is 122 Å². The summed E-state index contributed by atoms with van der Waals surface area (Å²) in [6.45, 7) is 7.40. The highest BCUT2D eigenvalue weighted by Gasteiger charge is 2.26. The number of aromatic nitrogens is 8. The minimum atomic E-state index is -4.12. The molecule has 6 aromatic heterocycles. The molecule has 0 unspecified atom stereocenters. The smallest absolute Gasteiger partial charge is 0.261 e. The fourth-order valence-corrected chi connectivity index (χ4v) is 13.2. The third-order valence-electron chi connectivity index (χ3n) is 13.5. The summed E-state index contributed by atoms with van der Waals surface area (Å²) in [5, 5.41) is 0. The van der Waals surface area contributed by atoms with Crippen LogP contribution in [0.15, 0.2) is 238 Å². The highest BCUT2D eigenvalue weighted by atomic mass is 32.2. The average molecular weight is 1250 g/mol. The molecule has 4 N–H and O–H groups in total. The van der Waals surface area contributed by atoms with Crippen LogP contribution in [0.3, 0.4) is 0 Å². The van der Waals surface area contributed by atoms with E-state index < -0.39 is 40.1 Å². The lowest BCUT2D eigenvalue weighted by Gasteiger charge is -2.17. The number of aryl methyl sites for hydroxylation is 4. The van der Waals surface area contributed by atoms with Crippen LogP contribution in [-0.2, 0) is 40.1 Å². The maximum Gasteiger partial charge on any atom is 0.261 e. The van der Waals surface area contributed by atoms with Crippen LogP contribution in [0, 0.1) is 27.7 Å². The van der Waals surface area contributed by atoms with E-state index in [4.69, 9.17) is 19.9 Å². The molecule has 0 saturated heterocycles. The fraction of sp³-hybridized carbons (Fsp3) is 0.0625. The molecule has 0 radical (unpaired) electrons. The maximum absolute atomic E-state index is 13.5. The van der Waals surface area contributed by atoms with Crippen molar-refractivity contribution in [2.24, 2.45) is 0 Å². The molecule has 0 amide bonds. The summed E-state index contributed by atoms with van der Waals surface area (Å²) < 4.78 is 118. The Bertz CT molecular complexity index is 4390. The van der Waals surface area contributed by atoms with Gasteiger partial charge in [-0.1, -0.05) is 95.1 Å². The third kappa shape index (κ3) is 13.3. The lowest BCUT2D eigenvalue weighted by Crippen LogP contribution is -2.18. The summed E-state index contributed by atoms with van der Waals surface area (Å²) in [5.74, 6) is 0. The molecule has 0 spiro atoms. The number of pyridine rings is 4. The molecular formula is C64H52N12O8S4. The largest absolute Gasteiger partial charge is 0.277 e. The Kier molecular flexibility index (Phi) is 16.5. The molecule has 0 aliphatic heterocycles.